The summed E-state index contributed by atoms with van der Waals surface area (Å²) in [5, 5.41) is 3.34. The first-order valence-corrected chi connectivity index (χ1v) is 7.96. The van der Waals surface area contributed by atoms with Crippen LogP contribution in [0.15, 0.2) is 24.5 Å². The molecule has 1 N–H and O–H groups in total. The highest BCUT2D eigenvalue weighted by atomic mass is 32.1. The Morgan fingerprint density at radius 1 is 1.32 bits per heavy atom. The highest BCUT2D eigenvalue weighted by Crippen LogP contribution is 2.19. The standard InChI is InChI=1S/C15H17N3O3S/c1-10-8-17-15(22-10)18-14(19)11-2-3-13(16-9-11)21-12-4-6-20-7-5-12/h2-3,8-9,12H,4-7H2,1H3,(H,17,18,19). The smallest absolute Gasteiger partial charge is 0.259 e. The number of nitrogens with zero attached hydrogens (tertiary/aromatic N) is 2. The zero-order valence-electron chi connectivity index (χ0n) is 12.2. The number of amides is 1. The Morgan fingerprint density at radius 2 is 2.14 bits per heavy atom. The molecule has 1 saturated heterocycles. The summed E-state index contributed by atoms with van der Waals surface area (Å²) in [6.07, 6.45) is 5.12. The van der Waals surface area contributed by atoms with Crippen molar-refractivity contribution in [3.8, 4) is 5.88 Å². The van der Waals surface area contributed by atoms with Gasteiger partial charge in [-0.1, -0.05) is 0 Å². The minimum Gasteiger partial charge on any atom is -0.474 e. The number of rotatable bonds is 4. The van der Waals surface area contributed by atoms with E-state index in [2.05, 4.69) is 15.3 Å². The summed E-state index contributed by atoms with van der Waals surface area (Å²) in [6.45, 7) is 3.38. The molecule has 0 radical (unpaired) electrons. The summed E-state index contributed by atoms with van der Waals surface area (Å²) in [5.74, 6) is 0.313. The van der Waals surface area contributed by atoms with Crippen molar-refractivity contribution in [2.75, 3.05) is 18.5 Å². The van der Waals surface area contributed by atoms with Gasteiger partial charge in [-0.2, -0.15) is 0 Å². The Hall–Kier alpha value is -1.99. The highest BCUT2D eigenvalue weighted by molar-refractivity contribution is 7.15. The van der Waals surface area contributed by atoms with Crippen molar-refractivity contribution in [1.82, 2.24) is 9.97 Å². The lowest BCUT2D eigenvalue weighted by Gasteiger charge is -2.22. The molecule has 22 heavy (non-hydrogen) atoms. The Morgan fingerprint density at radius 3 is 2.77 bits per heavy atom. The second-order valence-electron chi connectivity index (χ2n) is 5.04. The van der Waals surface area contributed by atoms with Crippen LogP contribution in [-0.4, -0.2) is 35.2 Å². The van der Waals surface area contributed by atoms with E-state index in [4.69, 9.17) is 9.47 Å². The molecule has 0 bridgehead atoms. The van der Waals surface area contributed by atoms with Crippen LogP contribution in [0.2, 0.25) is 0 Å². The normalized spacial score (nSPS) is 15.5. The number of carbonyl (C=O) groups is 1. The molecular formula is C15H17N3O3S. The van der Waals surface area contributed by atoms with Gasteiger partial charge in [-0.15, -0.1) is 11.3 Å². The predicted molar refractivity (Wildman–Crippen MR) is 83.5 cm³/mol. The highest BCUT2D eigenvalue weighted by Gasteiger charge is 2.16. The first-order valence-electron chi connectivity index (χ1n) is 7.15. The van der Waals surface area contributed by atoms with Crippen LogP contribution in [0.1, 0.15) is 28.1 Å². The van der Waals surface area contributed by atoms with E-state index in [0.717, 1.165) is 30.9 Å². The van der Waals surface area contributed by atoms with Crippen LogP contribution in [0, 0.1) is 6.92 Å². The molecule has 0 unspecified atom stereocenters. The van der Waals surface area contributed by atoms with Gasteiger partial charge >= 0.3 is 0 Å². The topological polar surface area (TPSA) is 73.3 Å². The predicted octanol–water partition coefficient (Wildman–Crippen LogP) is 2.66. The van der Waals surface area contributed by atoms with Crippen molar-refractivity contribution in [3.63, 3.8) is 0 Å². The lowest BCUT2D eigenvalue weighted by atomic mass is 10.1. The van der Waals surface area contributed by atoms with Crippen molar-refractivity contribution in [1.29, 1.82) is 0 Å². The Labute approximate surface area is 132 Å². The van der Waals surface area contributed by atoms with Crippen LogP contribution >= 0.6 is 11.3 Å². The van der Waals surface area contributed by atoms with Crippen molar-refractivity contribution >= 4 is 22.4 Å². The Balaban J connectivity index is 1.59. The van der Waals surface area contributed by atoms with Crippen molar-refractivity contribution in [3.05, 3.63) is 35.0 Å². The first kappa shape index (κ1) is 14.9. The third-order valence-corrected chi connectivity index (χ3v) is 4.12. The molecule has 0 spiro atoms. The monoisotopic (exact) mass is 319 g/mol. The molecule has 2 aromatic rings. The number of hydrogen-bond acceptors (Lipinski definition) is 6. The third-order valence-electron chi connectivity index (χ3n) is 3.30. The Kier molecular flexibility index (Phi) is 4.65. The SMILES string of the molecule is Cc1cnc(NC(=O)c2ccc(OC3CCOCC3)nc2)s1. The van der Waals surface area contributed by atoms with Gasteiger partial charge in [-0.25, -0.2) is 9.97 Å². The number of pyridine rings is 1. The molecule has 2 aromatic heterocycles. The van der Waals surface area contributed by atoms with Gasteiger partial charge in [0, 0.05) is 36.2 Å². The van der Waals surface area contributed by atoms with E-state index in [1.807, 2.05) is 6.92 Å². The van der Waals surface area contributed by atoms with Crippen LogP contribution in [0.25, 0.3) is 0 Å². The van der Waals surface area contributed by atoms with E-state index < -0.39 is 0 Å². The van der Waals surface area contributed by atoms with E-state index >= 15 is 0 Å². The van der Waals surface area contributed by atoms with Gasteiger partial charge in [0.2, 0.25) is 5.88 Å². The molecule has 1 fully saturated rings. The average Bonchev–Trinajstić information content (AvgIpc) is 2.94. The molecule has 1 aliphatic rings. The summed E-state index contributed by atoms with van der Waals surface area (Å²) in [4.78, 5) is 21.4. The summed E-state index contributed by atoms with van der Waals surface area (Å²) >= 11 is 1.44. The summed E-state index contributed by atoms with van der Waals surface area (Å²) in [6, 6.07) is 3.43. The van der Waals surface area contributed by atoms with Gasteiger partial charge in [0.1, 0.15) is 6.10 Å². The van der Waals surface area contributed by atoms with E-state index in [1.54, 1.807) is 18.3 Å². The number of carbonyl (C=O) groups excluding carboxylic acids is 1. The van der Waals surface area contributed by atoms with Gasteiger partial charge in [0.15, 0.2) is 5.13 Å². The molecule has 0 atom stereocenters. The summed E-state index contributed by atoms with van der Waals surface area (Å²) in [5.41, 5.74) is 0.479. The summed E-state index contributed by atoms with van der Waals surface area (Å²) < 4.78 is 11.1. The van der Waals surface area contributed by atoms with E-state index in [1.165, 1.54) is 17.5 Å². The lowest BCUT2D eigenvalue weighted by Crippen LogP contribution is -2.26. The van der Waals surface area contributed by atoms with Gasteiger partial charge in [-0.3, -0.25) is 10.1 Å². The van der Waals surface area contributed by atoms with E-state index in [-0.39, 0.29) is 12.0 Å². The molecule has 3 rings (SSSR count). The fourth-order valence-electron chi connectivity index (χ4n) is 2.13. The number of aryl methyl sites for hydroxylation is 1. The molecule has 0 aliphatic carbocycles. The number of hydrogen-bond donors (Lipinski definition) is 1. The molecule has 0 aromatic carbocycles. The van der Waals surface area contributed by atoms with Gasteiger partial charge in [0.05, 0.1) is 18.8 Å². The maximum absolute atomic E-state index is 12.1. The molecule has 1 amide bonds. The quantitative estimate of drug-likeness (QED) is 0.938. The summed E-state index contributed by atoms with van der Waals surface area (Å²) in [7, 11) is 0. The second-order valence-corrected chi connectivity index (χ2v) is 6.28. The minimum atomic E-state index is -0.223. The lowest BCUT2D eigenvalue weighted by molar-refractivity contribution is 0.0237. The molecule has 0 saturated carbocycles. The van der Waals surface area contributed by atoms with Crippen molar-refractivity contribution in [2.45, 2.75) is 25.9 Å². The Bertz CT molecular complexity index is 636. The molecule has 3 heterocycles. The zero-order valence-corrected chi connectivity index (χ0v) is 13.1. The average molecular weight is 319 g/mol. The van der Waals surface area contributed by atoms with Gasteiger partial charge < -0.3 is 9.47 Å². The van der Waals surface area contributed by atoms with Crippen LogP contribution in [0.5, 0.6) is 5.88 Å². The van der Waals surface area contributed by atoms with Crippen LogP contribution in [-0.2, 0) is 4.74 Å². The van der Waals surface area contributed by atoms with Crippen LogP contribution in [0.4, 0.5) is 5.13 Å². The van der Waals surface area contributed by atoms with Crippen molar-refractivity contribution in [2.24, 2.45) is 0 Å². The third kappa shape index (κ3) is 3.80. The first-order chi connectivity index (χ1) is 10.7. The number of ether oxygens (including phenoxy) is 2. The molecular weight excluding hydrogens is 302 g/mol. The fourth-order valence-corrected chi connectivity index (χ4v) is 2.79. The number of anilines is 1. The largest absolute Gasteiger partial charge is 0.474 e. The number of aromatic nitrogens is 2. The second kappa shape index (κ2) is 6.85. The molecule has 116 valence electrons. The van der Waals surface area contributed by atoms with Crippen molar-refractivity contribution < 1.29 is 14.3 Å². The maximum atomic E-state index is 12.1. The number of thiazole rings is 1. The fraction of sp³-hybridized carbons (Fsp3) is 0.400. The van der Waals surface area contributed by atoms with E-state index in [0.29, 0.717) is 16.6 Å². The maximum Gasteiger partial charge on any atom is 0.259 e. The van der Waals surface area contributed by atoms with Gasteiger partial charge in [0.25, 0.3) is 5.91 Å². The van der Waals surface area contributed by atoms with E-state index in [9.17, 15) is 4.79 Å². The van der Waals surface area contributed by atoms with Crippen LogP contribution in [0.3, 0.4) is 0 Å². The molecule has 6 nitrogen and oxygen atoms in total. The molecule has 1 aliphatic heterocycles. The molecule has 7 heteroatoms. The van der Waals surface area contributed by atoms with Gasteiger partial charge in [-0.05, 0) is 13.0 Å². The number of nitrogens with one attached hydrogen (secondary N) is 1. The minimum absolute atomic E-state index is 0.138. The zero-order chi connectivity index (χ0) is 15.4. The van der Waals surface area contributed by atoms with Crippen LogP contribution < -0.4 is 10.1 Å².